The molecule has 0 spiro atoms. The second kappa shape index (κ2) is 9.84. The number of piperazine rings is 1. The Bertz CT molecular complexity index is 1150. The first-order valence-electron chi connectivity index (χ1n) is 10.5. The zero-order valence-corrected chi connectivity index (χ0v) is 20.2. The standard InChI is InChI=1S/C22H29N3O7S/c1-6-32-22(27)19-14(2)20(23-15(19)3)21(26)24-9-11-25(12-10-24)33(28,29)16-7-8-17(30-4)18(13-16)31-5/h7-8,13,23H,6,9-12H2,1-5H3. The Morgan fingerprint density at radius 2 is 1.67 bits per heavy atom. The van der Waals surface area contributed by atoms with E-state index in [9.17, 15) is 18.0 Å². The molecule has 0 unspecified atom stereocenters. The SMILES string of the molecule is CCOC(=O)c1c(C)[nH]c(C(=O)N2CCN(S(=O)(=O)c3ccc(OC)c(OC)c3)CC2)c1C. The van der Waals surface area contributed by atoms with Gasteiger partial charge < -0.3 is 24.1 Å². The van der Waals surface area contributed by atoms with Crippen LogP contribution in [0.5, 0.6) is 11.5 Å². The molecule has 0 radical (unpaired) electrons. The summed E-state index contributed by atoms with van der Waals surface area (Å²) < 4.78 is 43.0. The summed E-state index contributed by atoms with van der Waals surface area (Å²) in [6, 6.07) is 4.44. The van der Waals surface area contributed by atoms with E-state index in [2.05, 4.69) is 4.98 Å². The second-order valence-corrected chi connectivity index (χ2v) is 9.50. The average molecular weight is 480 g/mol. The molecule has 33 heavy (non-hydrogen) atoms. The molecule has 1 N–H and O–H groups in total. The van der Waals surface area contributed by atoms with Crippen LogP contribution < -0.4 is 9.47 Å². The van der Waals surface area contributed by atoms with E-state index in [1.54, 1.807) is 31.7 Å². The number of nitrogens with one attached hydrogen (secondary N) is 1. The number of hydrogen-bond donors (Lipinski definition) is 1. The Hall–Kier alpha value is -3.05. The van der Waals surface area contributed by atoms with Gasteiger partial charge in [-0.3, -0.25) is 4.79 Å². The fraction of sp³-hybridized carbons (Fsp3) is 0.455. The number of hydrogen-bond acceptors (Lipinski definition) is 7. The highest BCUT2D eigenvalue weighted by Crippen LogP contribution is 2.31. The highest BCUT2D eigenvalue weighted by Gasteiger charge is 2.33. The number of aromatic nitrogens is 1. The van der Waals surface area contributed by atoms with E-state index in [0.717, 1.165) is 0 Å². The number of benzene rings is 1. The predicted molar refractivity (Wildman–Crippen MR) is 120 cm³/mol. The summed E-state index contributed by atoms with van der Waals surface area (Å²) in [5.41, 5.74) is 1.75. The third-order valence-corrected chi connectivity index (χ3v) is 7.54. The summed E-state index contributed by atoms with van der Waals surface area (Å²) in [5.74, 6) is -0.00371. The predicted octanol–water partition coefficient (Wildman–Crippen LogP) is 1.97. The maximum absolute atomic E-state index is 13.1. The van der Waals surface area contributed by atoms with Crippen LogP contribution in [-0.4, -0.2) is 81.5 Å². The number of aromatic amines is 1. The van der Waals surface area contributed by atoms with E-state index in [1.807, 2.05) is 0 Å². The van der Waals surface area contributed by atoms with Gasteiger partial charge in [-0.15, -0.1) is 0 Å². The van der Waals surface area contributed by atoms with Crippen LogP contribution in [0, 0.1) is 13.8 Å². The Kier molecular flexibility index (Phi) is 7.33. The van der Waals surface area contributed by atoms with Gasteiger partial charge in [0.05, 0.1) is 31.3 Å². The molecule has 1 aliphatic heterocycles. The van der Waals surface area contributed by atoms with Crippen LogP contribution in [0.15, 0.2) is 23.1 Å². The molecule has 1 fully saturated rings. The number of carbonyl (C=O) groups is 2. The number of ether oxygens (including phenoxy) is 3. The lowest BCUT2D eigenvalue weighted by Crippen LogP contribution is -2.50. The van der Waals surface area contributed by atoms with Crippen LogP contribution in [0.4, 0.5) is 0 Å². The van der Waals surface area contributed by atoms with Crippen molar-refractivity contribution in [1.29, 1.82) is 0 Å². The molecular formula is C22H29N3O7S. The number of nitrogens with zero attached hydrogens (tertiary/aromatic N) is 2. The summed E-state index contributed by atoms with van der Waals surface area (Å²) >= 11 is 0. The number of H-pyrrole nitrogens is 1. The average Bonchev–Trinajstić information content (AvgIpc) is 3.11. The van der Waals surface area contributed by atoms with Gasteiger partial charge in [0.15, 0.2) is 11.5 Å². The van der Waals surface area contributed by atoms with Gasteiger partial charge in [0.25, 0.3) is 5.91 Å². The van der Waals surface area contributed by atoms with E-state index in [0.29, 0.717) is 34.0 Å². The second-order valence-electron chi connectivity index (χ2n) is 7.56. The molecule has 11 heteroatoms. The smallest absolute Gasteiger partial charge is 0.340 e. The van der Waals surface area contributed by atoms with Crippen molar-refractivity contribution in [3.05, 3.63) is 40.7 Å². The summed E-state index contributed by atoms with van der Waals surface area (Å²) in [5, 5.41) is 0. The first-order valence-corrected chi connectivity index (χ1v) is 12.0. The first kappa shape index (κ1) is 24.6. The molecule has 2 aromatic rings. The summed E-state index contributed by atoms with van der Waals surface area (Å²) in [4.78, 5) is 30.0. The molecule has 2 heterocycles. The van der Waals surface area contributed by atoms with Crippen molar-refractivity contribution < 1.29 is 32.2 Å². The van der Waals surface area contributed by atoms with Crippen LogP contribution in [0.2, 0.25) is 0 Å². The van der Waals surface area contributed by atoms with Gasteiger partial charge in [0.1, 0.15) is 5.69 Å². The molecule has 1 aromatic heterocycles. The third-order valence-electron chi connectivity index (χ3n) is 5.65. The van der Waals surface area contributed by atoms with Gasteiger partial charge in [0, 0.05) is 37.9 Å². The van der Waals surface area contributed by atoms with Gasteiger partial charge in [0.2, 0.25) is 10.0 Å². The zero-order valence-electron chi connectivity index (χ0n) is 19.4. The van der Waals surface area contributed by atoms with Crippen molar-refractivity contribution in [3.8, 4) is 11.5 Å². The third kappa shape index (κ3) is 4.69. The lowest BCUT2D eigenvalue weighted by Gasteiger charge is -2.34. The topological polar surface area (TPSA) is 118 Å². The number of carbonyl (C=O) groups excluding carboxylic acids is 2. The van der Waals surface area contributed by atoms with Crippen LogP contribution in [0.3, 0.4) is 0 Å². The molecule has 0 bridgehead atoms. The van der Waals surface area contributed by atoms with Crippen LogP contribution in [-0.2, 0) is 14.8 Å². The first-order chi connectivity index (χ1) is 15.6. The number of rotatable bonds is 7. The van der Waals surface area contributed by atoms with Crippen molar-refractivity contribution in [2.24, 2.45) is 0 Å². The molecule has 0 atom stereocenters. The van der Waals surface area contributed by atoms with Gasteiger partial charge in [-0.25, -0.2) is 13.2 Å². The maximum Gasteiger partial charge on any atom is 0.340 e. The number of amides is 1. The van der Waals surface area contributed by atoms with Gasteiger partial charge in [-0.05, 0) is 38.5 Å². The van der Waals surface area contributed by atoms with Crippen molar-refractivity contribution >= 4 is 21.9 Å². The Labute approximate surface area is 193 Å². The van der Waals surface area contributed by atoms with E-state index >= 15 is 0 Å². The number of aryl methyl sites for hydroxylation is 1. The minimum Gasteiger partial charge on any atom is -0.493 e. The van der Waals surface area contributed by atoms with Crippen molar-refractivity contribution in [3.63, 3.8) is 0 Å². The van der Waals surface area contributed by atoms with Gasteiger partial charge in [-0.2, -0.15) is 4.31 Å². The summed E-state index contributed by atoms with van der Waals surface area (Å²) in [6.45, 7) is 6.09. The highest BCUT2D eigenvalue weighted by molar-refractivity contribution is 7.89. The quantitative estimate of drug-likeness (QED) is 0.603. The molecular weight excluding hydrogens is 450 g/mol. The fourth-order valence-corrected chi connectivity index (χ4v) is 5.33. The Morgan fingerprint density at radius 3 is 2.24 bits per heavy atom. The van der Waals surface area contributed by atoms with E-state index in [4.69, 9.17) is 14.2 Å². The summed E-state index contributed by atoms with van der Waals surface area (Å²) in [6.07, 6.45) is 0. The normalized spacial score (nSPS) is 14.8. The molecule has 0 aliphatic carbocycles. The molecule has 3 rings (SSSR count). The monoisotopic (exact) mass is 479 g/mol. The van der Waals surface area contributed by atoms with Crippen molar-refractivity contribution in [2.45, 2.75) is 25.7 Å². The maximum atomic E-state index is 13.1. The number of methoxy groups -OCH3 is 2. The number of esters is 1. The molecule has 1 aliphatic rings. The molecule has 1 saturated heterocycles. The van der Waals surface area contributed by atoms with Gasteiger partial charge >= 0.3 is 5.97 Å². The highest BCUT2D eigenvalue weighted by atomic mass is 32.2. The van der Waals surface area contributed by atoms with Gasteiger partial charge in [-0.1, -0.05) is 0 Å². The molecule has 0 saturated carbocycles. The minimum absolute atomic E-state index is 0.0924. The number of sulfonamides is 1. The van der Waals surface area contributed by atoms with Crippen LogP contribution in [0.25, 0.3) is 0 Å². The molecule has 1 aromatic carbocycles. The molecule has 10 nitrogen and oxygen atoms in total. The largest absolute Gasteiger partial charge is 0.493 e. The van der Waals surface area contributed by atoms with Crippen LogP contribution >= 0.6 is 0 Å². The molecule has 1 amide bonds. The Morgan fingerprint density at radius 1 is 1.03 bits per heavy atom. The lowest BCUT2D eigenvalue weighted by molar-refractivity contribution is 0.0525. The van der Waals surface area contributed by atoms with Crippen LogP contribution in [0.1, 0.15) is 39.0 Å². The summed E-state index contributed by atoms with van der Waals surface area (Å²) in [7, 11) is -0.853. The Balaban J connectivity index is 1.74. The lowest BCUT2D eigenvalue weighted by atomic mass is 10.1. The fourth-order valence-electron chi connectivity index (χ4n) is 3.89. The minimum atomic E-state index is -3.77. The van der Waals surface area contributed by atoms with Crippen molar-refractivity contribution in [2.75, 3.05) is 47.0 Å². The van der Waals surface area contributed by atoms with Crippen molar-refractivity contribution in [1.82, 2.24) is 14.2 Å². The van der Waals surface area contributed by atoms with E-state index < -0.39 is 16.0 Å². The van der Waals surface area contributed by atoms with E-state index in [-0.39, 0.29) is 43.6 Å². The van der Waals surface area contributed by atoms with E-state index in [1.165, 1.54) is 30.7 Å². The molecule has 180 valence electrons. The zero-order chi connectivity index (χ0) is 24.3.